The van der Waals surface area contributed by atoms with Crippen LogP contribution in [0.2, 0.25) is 0 Å². The van der Waals surface area contributed by atoms with Crippen molar-refractivity contribution in [1.82, 2.24) is 9.80 Å². The molecule has 2 aromatic carbocycles. The first-order valence-electron chi connectivity index (χ1n) is 13.6. The van der Waals surface area contributed by atoms with Gasteiger partial charge >= 0.3 is 0 Å². The first kappa shape index (κ1) is 31.9. The van der Waals surface area contributed by atoms with Gasteiger partial charge in [0, 0.05) is 0 Å². The number of aliphatic hydroxyl groups excluding tert-OH is 2. The number of hydrogen-bond acceptors (Lipinski definition) is 6. The van der Waals surface area contributed by atoms with Crippen LogP contribution in [0.1, 0.15) is 66.2 Å². The van der Waals surface area contributed by atoms with Crippen LogP contribution >= 0.6 is 0 Å². The fraction of sp³-hybridized carbons (Fsp3) is 0.600. The second-order valence-electron chi connectivity index (χ2n) is 9.81. The van der Waals surface area contributed by atoms with E-state index in [9.17, 15) is 10.2 Å². The number of nitrogens with zero attached hydrogens (tertiary/aromatic N) is 4. The van der Waals surface area contributed by atoms with E-state index in [-0.39, 0.29) is 0 Å². The van der Waals surface area contributed by atoms with Gasteiger partial charge in [0.05, 0.1) is 22.7 Å². The van der Waals surface area contributed by atoms with Crippen molar-refractivity contribution in [3.05, 3.63) is 48.5 Å². The number of unbranched alkanes of at least 4 members (excludes halogenated alkanes) is 2. The number of anilines is 4. The summed E-state index contributed by atoms with van der Waals surface area (Å²) in [5.41, 5.74) is 3.68. The molecule has 1 aliphatic rings. The lowest BCUT2D eigenvalue weighted by molar-refractivity contribution is 0.169. The Morgan fingerprint density at radius 3 is 1.03 bits per heavy atom. The van der Waals surface area contributed by atoms with Crippen molar-refractivity contribution in [2.75, 3.05) is 51.1 Å². The average molecular weight is 501 g/mol. The third-order valence-corrected chi connectivity index (χ3v) is 6.05. The molecular formula is C30H52N4O2. The number of fused-ring (bicyclic) bond motifs is 2. The molecule has 0 aliphatic carbocycles. The van der Waals surface area contributed by atoms with Crippen molar-refractivity contribution < 1.29 is 10.2 Å². The van der Waals surface area contributed by atoms with Crippen LogP contribution in [-0.2, 0) is 0 Å². The summed E-state index contributed by atoms with van der Waals surface area (Å²) in [5.74, 6) is 0. The lowest BCUT2D eigenvalue weighted by Gasteiger charge is -2.43. The molecule has 3 rings (SSSR count). The van der Waals surface area contributed by atoms with Gasteiger partial charge in [0.15, 0.2) is 0 Å². The van der Waals surface area contributed by atoms with E-state index in [0.29, 0.717) is 12.8 Å². The quantitative estimate of drug-likeness (QED) is 0.392. The summed E-state index contributed by atoms with van der Waals surface area (Å²) in [6, 6.07) is 15.8. The molecule has 2 atom stereocenters. The summed E-state index contributed by atoms with van der Waals surface area (Å²) >= 11 is 0. The van der Waals surface area contributed by atoms with Crippen molar-refractivity contribution >= 4 is 22.7 Å². The molecule has 2 unspecified atom stereocenters. The third-order valence-electron chi connectivity index (χ3n) is 6.05. The van der Waals surface area contributed by atoms with E-state index < -0.39 is 12.5 Å². The standard InChI is InChI=1S/C18H22N2O2.2C6H15N/c1-3-17(21)19-13-9-5-7-11-15(13)20(18(22)4-2)16-12-8-6-10-14(16)19;2*1-4-5-6-7(2)3/h5-12,17-18,21-22H,3-4H2,1-2H3;2*4-6H2,1-3H3. The highest BCUT2D eigenvalue weighted by atomic mass is 16.3. The predicted octanol–water partition coefficient (Wildman–Crippen LogP) is 6.43. The molecular weight excluding hydrogens is 448 g/mol. The van der Waals surface area contributed by atoms with Gasteiger partial charge in [-0.3, -0.25) is 0 Å². The maximum atomic E-state index is 10.5. The van der Waals surface area contributed by atoms with Gasteiger partial charge in [-0.1, -0.05) is 64.8 Å². The Morgan fingerprint density at radius 1 is 0.583 bits per heavy atom. The summed E-state index contributed by atoms with van der Waals surface area (Å²) in [6.07, 6.45) is 5.32. The molecule has 6 nitrogen and oxygen atoms in total. The van der Waals surface area contributed by atoms with Crippen molar-refractivity contribution in [2.45, 2.75) is 78.7 Å². The number of rotatable bonds is 10. The maximum Gasteiger partial charge on any atom is 0.131 e. The first-order valence-corrected chi connectivity index (χ1v) is 13.6. The number of para-hydroxylation sites is 4. The van der Waals surface area contributed by atoms with E-state index in [2.05, 4.69) is 51.8 Å². The smallest absolute Gasteiger partial charge is 0.131 e. The molecule has 1 aliphatic heterocycles. The van der Waals surface area contributed by atoms with Crippen molar-refractivity contribution in [3.63, 3.8) is 0 Å². The third kappa shape index (κ3) is 9.74. The van der Waals surface area contributed by atoms with Crippen LogP contribution in [0.4, 0.5) is 22.7 Å². The average Bonchev–Trinajstić information content (AvgIpc) is 2.89. The van der Waals surface area contributed by atoms with Crippen LogP contribution in [0.25, 0.3) is 0 Å². The molecule has 0 spiro atoms. The summed E-state index contributed by atoms with van der Waals surface area (Å²) in [7, 11) is 8.43. The first-order chi connectivity index (χ1) is 17.2. The molecule has 6 heteroatoms. The van der Waals surface area contributed by atoms with Crippen LogP contribution in [0.3, 0.4) is 0 Å². The Balaban J connectivity index is 0.000000383. The molecule has 0 radical (unpaired) electrons. The molecule has 2 N–H and O–H groups in total. The molecule has 1 heterocycles. The normalized spacial score (nSPS) is 13.8. The Hall–Kier alpha value is -2.12. The minimum absolute atomic E-state index is 0.594. The Labute approximate surface area is 221 Å². The largest absolute Gasteiger partial charge is 0.373 e. The summed E-state index contributed by atoms with van der Waals surface area (Å²) in [6.45, 7) is 10.8. The fourth-order valence-electron chi connectivity index (χ4n) is 3.96. The number of hydrogen-bond donors (Lipinski definition) is 2. The number of aliphatic hydroxyl groups is 2. The molecule has 2 aromatic rings. The minimum Gasteiger partial charge on any atom is -0.373 e. The highest BCUT2D eigenvalue weighted by Gasteiger charge is 2.33. The summed E-state index contributed by atoms with van der Waals surface area (Å²) in [4.78, 5) is 8.32. The fourth-order valence-corrected chi connectivity index (χ4v) is 3.96. The van der Waals surface area contributed by atoms with Gasteiger partial charge in [-0.15, -0.1) is 0 Å². The molecule has 204 valence electrons. The molecule has 0 aromatic heterocycles. The van der Waals surface area contributed by atoms with E-state index in [4.69, 9.17) is 0 Å². The minimum atomic E-state index is -0.594. The van der Waals surface area contributed by atoms with Gasteiger partial charge in [0.1, 0.15) is 12.5 Å². The Kier molecular flexibility index (Phi) is 15.4. The second-order valence-corrected chi connectivity index (χ2v) is 9.81. The van der Waals surface area contributed by atoms with Crippen LogP contribution in [0, 0.1) is 0 Å². The highest BCUT2D eigenvalue weighted by molar-refractivity contribution is 5.93. The Bertz CT molecular complexity index is 728. The highest BCUT2D eigenvalue weighted by Crippen LogP contribution is 2.49. The van der Waals surface area contributed by atoms with Crippen LogP contribution in [0.15, 0.2) is 48.5 Å². The zero-order chi connectivity index (χ0) is 27.1. The molecule has 36 heavy (non-hydrogen) atoms. The van der Waals surface area contributed by atoms with Crippen molar-refractivity contribution in [3.8, 4) is 0 Å². The molecule has 0 bridgehead atoms. The van der Waals surface area contributed by atoms with E-state index in [0.717, 1.165) is 22.7 Å². The SMILES string of the molecule is CCC(O)N1c2ccccc2N(C(O)CC)c2ccccc21.CCCCN(C)C.CCCCN(C)C. The molecule has 0 saturated heterocycles. The van der Waals surface area contributed by atoms with Crippen molar-refractivity contribution in [1.29, 1.82) is 0 Å². The van der Waals surface area contributed by atoms with E-state index >= 15 is 0 Å². The van der Waals surface area contributed by atoms with E-state index in [1.165, 1.54) is 38.8 Å². The van der Waals surface area contributed by atoms with Crippen LogP contribution in [-0.4, -0.2) is 73.7 Å². The maximum absolute atomic E-state index is 10.5. The topological polar surface area (TPSA) is 53.4 Å². The van der Waals surface area contributed by atoms with Gasteiger partial charge < -0.3 is 29.8 Å². The van der Waals surface area contributed by atoms with E-state index in [1.807, 2.05) is 72.2 Å². The Morgan fingerprint density at radius 2 is 0.861 bits per heavy atom. The van der Waals surface area contributed by atoms with Gasteiger partial charge in [0.2, 0.25) is 0 Å². The molecule has 0 saturated carbocycles. The molecule has 0 amide bonds. The number of benzene rings is 2. The zero-order valence-electron chi connectivity index (χ0n) is 24.1. The second kappa shape index (κ2) is 17.4. The van der Waals surface area contributed by atoms with Gasteiger partial charge in [-0.2, -0.15) is 0 Å². The van der Waals surface area contributed by atoms with Crippen LogP contribution in [0.5, 0.6) is 0 Å². The summed E-state index contributed by atoms with van der Waals surface area (Å²) < 4.78 is 0. The summed E-state index contributed by atoms with van der Waals surface area (Å²) in [5, 5.41) is 21.0. The van der Waals surface area contributed by atoms with Crippen molar-refractivity contribution in [2.24, 2.45) is 0 Å². The lowest BCUT2D eigenvalue weighted by atomic mass is 10.1. The zero-order valence-corrected chi connectivity index (χ0v) is 24.1. The molecule has 0 fully saturated rings. The van der Waals surface area contributed by atoms with Gasteiger partial charge in [-0.25, -0.2) is 0 Å². The van der Waals surface area contributed by atoms with Crippen LogP contribution < -0.4 is 9.80 Å². The lowest BCUT2D eigenvalue weighted by Crippen LogP contribution is -2.40. The van der Waals surface area contributed by atoms with Gasteiger partial charge in [-0.05, 0) is 91.2 Å². The predicted molar refractivity (Wildman–Crippen MR) is 157 cm³/mol. The monoisotopic (exact) mass is 500 g/mol. The van der Waals surface area contributed by atoms with Gasteiger partial charge in [0.25, 0.3) is 0 Å². The van der Waals surface area contributed by atoms with E-state index in [1.54, 1.807) is 0 Å².